The van der Waals surface area contributed by atoms with Crippen LogP contribution in [-0.4, -0.2) is 32.0 Å². The molecule has 0 aliphatic carbocycles. The van der Waals surface area contributed by atoms with E-state index in [1.807, 2.05) is 35.7 Å². The Morgan fingerprint density at radius 1 is 1.04 bits per heavy atom. The minimum absolute atomic E-state index is 0. The first-order chi connectivity index (χ1) is 11.3. The zero-order chi connectivity index (χ0) is 16.3. The Balaban J connectivity index is 0.00000288. The Hall–Kier alpha value is -1.61. The monoisotopic (exact) mass is 458 g/mol. The summed E-state index contributed by atoms with van der Waals surface area (Å²) < 4.78 is 0. The van der Waals surface area contributed by atoms with E-state index in [1.165, 1.54) is 16.9 Å². The molecule has 5 nitrogen and oxygen atoms in total. The highest BCUT2D eigenvalue weighted by Gasteiger charge is 2.04. The molecule has 0 bridgehead atoms. The fourth-order valence-electron chi connectivity index (χ4n) is 1.99. The highest BCUT2D eigenvalue weighted by atomic mass is 127. The van der Waals surface area contributed by atoms with Gasteiger partial charge in [-0.25, -0.2) is 0 Å². The van der Waals surface area contributed by atoms with Crippen molar-refractivity contribution in [2.75, 3.05) is 20.1 Å². The van der Waals surface area contributed by atoms with Gasteiger partial charge in [-0.2, -0.15) is 0 Å². The molecule has 0 aliphatic heterocycles. The lowest BCUT2D eigenvalue weighted by Crippen LogP contribution is -2.38. The molecule has 0 radical (unpaired) electrons. The number of benzene rings is 1. The first-order valence-electron chi connectivity index (χ1n) is 7.60. The average molecular weight is 458 g/mol. The molecule has 3 N–H and O–H groups in total. The fraction of sp³-hybridized carbons (Fsp3) is 0.294. The van der Waals surface area contributed by atoms with E-state index in [9.17, 15) is 4.79 Å². The van der Waals surface area contributed by atoms with E-state index in [2.05, 4.69) is 33.1 Å². The molecule has 0 spiro atoms. The Morgan fingerprint density at radius 3 is 2.46 bits per heavy atom. The Kier molecular flexibility index (Phi) is 10.1. The lowest BCUT2D eigenvalue weighted by Gasteiger charge is -2.12. The number of hydrogen-bond acceptors (Lipinski definition) is 3. The molecule has 0 aliphatic rings. The molecule has 0 atom stereocenters. The topological polar surface area (TPSA) is 65.5 Å². The van der Waals surface area contributed by atoms with E-state index in [1.54, 1.807) is 7.05 Å². The van der Waals surface area contributed by atoms with Gasteiger partial charge in [-0.15, -0.1) is 35.3 Å². The van der Waals surface area contributed by atoms with Crippen LogP contribution in [0.15, 0.2) is 52.8 Å². The first-order valence-corrected chi connectivity index (χ1v) is 8.47. The molecule has 7 heteroatoms. The van der Waals surface area contributed by atoms with Crippen LogP contribution in [0.5, 0.6) is 0 Å². The maximum atomic E-state index is 11.8. The van der Waals surface area contributed by atoms with Crippen molar-refractivity contribution in [3.05, 3.63) is 58.3 Å². The summed E-state index contributed by atoms with van der Waals surface area (Å²) >= 11 is 1.45. The second-order valence-electron chi connectivity index (χ2n) is 4.92. The molecule has 2 rings (SSSR count). The van der Waals surface area contributed by atoms with Gasteiger partial charge in [0.05, 0.1) is 4.88 Å². The smallest absolute Gasteiger partial charge is 0.261 e. The standard InChI is InChI=1S/C17H22N4OS.HI/c1-18-17(21-13-14-7-3-2-4-8-14)20-11-6-10-19-16(22)15-9-5-12-23-15;/h2-5,7-9,12H,6,10-11,13H2,1H3,(H,19,22)(H2,18,20,21);1H. The van der Waals surface area contributed by atoms with Gasteiger partial charge in [0.2, 0.25) is 0 Å². The lowest BCUT2D eigenvalue weighted by molar-refractivity contribution is 0.0957. The van der Waals surface area contributed by atoms with E-state index >= 15 is 0 Å². The Morgan fingerprint density at radius 2 is 1.79 bits per heavy atom. The third-order valence-electron chi connectivity index (χ3n) is 3.20. The van der Waals surface area contributed by atoms with Crippen LogP contribution >= 0.6 is 35.3 Å². The second-order valence-corrected chi connectivity index (χ2v) is 5.87. The van der Waals surface area contributed by atoms with Crippen molar-refractivity contribution >= 4 is 47.2 Å². The van der Waals surface area contributed by atoms with Gasteiger partial charge in [0.15, 0.2) is 5.96 Å². The summed E-state index contributed by atoms with van der Waals surface area (Å²) in [5.74, 6) is 0.755. The maximum absolute atomic E-state index is 11.8. The molecule has 130 valence electrons. The van der Waals surface area contributed by atoms with E-state index in [0.29, 0.717) is 6.54 Å². The quantitative estimate of drug-likeness (QED) is 0.259. The predicted molar refractivity (Wildman–Crippen MR) is 111 cm³/mol. The number of halogens is 1. The number of carbonyl (C=O) groups excluding carboxylic acids is 1. The van der Waals surface area contributed by atoms with Crippen LogP contribution in [-0.2, 0) is 6.54 Å². The lowest BCUT2D eigenvalue weighted by atomic mass is 10.2. The van der Waals surface area contributed by atoms with E-state index in [4.69, 9.17) is 0 Å². The number of nitrogens with zero attached hydrogens (tertiary/aromatic N) is 1. The number of rotatable bonds is 7. The number of thiophene rings is 1. The zero-order valence-electron chi connectivity index (χ0n) is 13.6. The van der Waals surface area contributed by atoms with Gasteiger partial charge in [-0.1, -0.05) is 36.4 Å². The predicted octanol–water partition coefficient (Wildman–Crippen LogP) is 2.85. The Labute approximate surface area is 164 Å². The van der Waals surface area contributed by atoms with Crippen LogP contribution in [0, 0.1) is 0 Å². The summed E-state index contributed by atoms with van der Waals surface area (Å²) in [4.78, 5) is 16.7. The molecule has 1 aromatic heterocycles. The molecule has 0 saturated carbocycles. The number of carbonyl (C=O) groups is 1. The van der Waals surface area contributed by atoms with Crippen molar-refractivity contribution in [3.8, 4) is 0 Å². The molecular weight excluding hydrogens is 435 g/mol. The van der Waals surface area contributed by atoms with Gasteiger partial charge < -0.3 is 16.0 Å². The number of hydrogen-bond donors (Lipinski definition) is 3. The first kappa shape index (κ1) is 20.4. The molecule has 0 unspecified atom stereocenters. The van der Waals surface area contributed by atoms with Crippen molar-refractivity contribution in [1.29, 1.82) is 0 Å². The maximum Gasteiger partial charge on any atom is 0.261 e. The molecule has 24 heavy (non-hydrogen) atoms. The van der Waals surface area contributed by atoms with E-state index in [0.717, 1.165) is 30.3 Å². The summed E-state index contributed by atoms with van der Waals surface area (Å²) in [6.07, 6.45) is 0.836. The van der Waals surface area contributed by atoms with Crippen molar-refractivity contribution in [2.45, 2.75) is 13.0 Å². The van der Waals surface area contributed by atoms with Gasteiger partial charge in [0, 0.05) is 26.7 Å². The molecule has 2 aromatic rings. The van der Waals surface area contributed by atoms with Crippen LogP contribution in [0.3, 0.4) is 0 Å². The molecule has 0 saturated heterocycles. The highest BCUT2D eigenvalue weighted by Crippen LogP contribution is 2.07. The largest absolute Gasteiger partial charge is 0.356 e. The Bertz CT molecular complexity index is 617. The number of guanidine groups is 1. The minimum Gasteiger partial charge on any atom is -0.356 e. The average Bonchev–Trinajstić information content (AvgIpc) is 3.12. The zero-order valence-corrected chi connectivity index (χ0v) is 16.8. The van der Waals surface area contributed by atoms with Gasteiger partial charge in [-0.05, 0) is 23.4 Å². The minimum atomic E-state index is -0.00779. The van der Waals surface area contributed by atoms with Crippen molar-refractivity contribution in [1.82, 2.24) is 16.0 Å². The normalized spacial score (nSPS) is 10.6. The summed E-state index contributed by atoms with van der Waals surface area (Å²) in [6.45, 7) is 2.12. The van der Waals surface area contributed by atoms with Gasteiger partial charge >= 0.3 is 0 Å². The van der Waals surface area contributed by atoms with Crippen LogP contribution in [0.1, 0.15) is 21.7 Å². The van der Waals surface area contributed by atoms with Crippen LogP contribution in [0.2, 0.25) is 0 Å². The molecule has 1 amide bonds. The third-order valence-corrected chi connectivity index (χ3v) is 4.07. The third kappa shape index (κ3) is 7.31. The fourth-order valence-corrected chi connectivity index (χ4v) is 2.63. The molecule has 1 aromatic carbocycles. The van der Waals surface area contributed by atoms with Gasteiger partial charge in [0.25, 0.3) is 5.91 Å². The van der Waals surface area contributed by atoms with Crippen molar-refractivity contribution in [2.24, 2.45) is 4.99 Å². The number of aliphatic imine (C=N–C) groups is 1. The number of nitrogens with one attached hydrogen (secondary N) is 3. The molecular formula is C17H23IN4OS. The van der Waals surface area contributed by atoms with Crippen LogP contribution in [0.25, 0.3) is 0 Å². The summed E-state index contributed by atoms with van der Waals surface area (Å²) in [7, 11) is 1.75. The summed E-state index contributed by atoms with van der Waals surface area (Å²) in [6, 6.07) is 13.9. The van der Waals surface area contributed by atoms with E-state index in [-0.39, 0.29) is 29.9 Å². The highest BCUT2D eigenvalue weighted by molar-refractivity contribution is 14.0. The van der Waals surface area contributed by atoms with Gasteiger partial charge in [0.1, 0.15) is 0 Å². The van der Waals surface area contributed by atoms with Crippen LogP contribution < -0.4 is 16.0 Å². The second kappa shape index (κ2) is 11.9. The molecule has 0 fully saturated rings. The van der Waals surface area contributed by atoms with Gasteiger partial charge in [-0.3, -0.25) is 9.79 Å². The van der Waals surface area contributed by atoms with Crippen LogP contribution in [0.4, 0.5) is 0 Å². The summed E-state index contributed by atoms with van der Waals surface area (Å²) in [5, 5.41) is 11.3. The number of amides is 1. The summed E-state index contributed by atoms with van der Waals surface area (Å²) in [5.41, 5.74) is 1.21. The SMILES string of the molecule is CN=C(NCCCNC(=O)c1cccs1)NCc1ccccc1.I. The van der Waals surface area contributed by atoms with Crippen molar-refractivity contribution < 1.29 is 4.79 Å². The molecule has 1 heterocycles. The van der Waals surface area contributed by atoms with E-state index < -0.39 is 0 Å². The van der Waals surface area contributed by atoms with Crippen molar-refractivity contribution in [3.63, 3.8) is 0 Å².